The Labute approximate surface area is 131 Å². The first kappa shape index (κ1) is 14.8. The van der Waals surface area contributed by atoms with Crippen molar-refractivity contribution in [3.8, 4) is 0 Å². The van der Waals surface area contributed by atoms with Crippen molar-refractivity contribution in [1.82, 2.24) is 10.2 Å². The molecule has 0 amide bonds. The van der Waals surface area contributed by atoms with Crippen LogP contribution >= 0.6 is 11.3 Å². The van der Waals surface area contributed by atoms with Gasteiger partial charge in [-0.25, -0.2) is 0 Å². The van der Waals surface area contributed by atoms with Crippen molar-refractivity contribution < 1.29 is 0 Å². The Morgan fingerprint density at radius 1 is 1.14 bits per heavy atom. The van der Waals surface area contributed by atoms with Gasteiger partial charge >= 0.3 is 0 Å². The van der Waals surface area contributed by atoms with Crippen molar-refractivity contribution >= 4 is 11.3 Å². The van der Waals surface area contributed by atoms with Gasteiger partial charge in [0.1, 0.15) is 0 Å². The van der Waals surface area contributed by atoms with E-state index in [0.29, 0.717) is 0 Å². The number of rotatable bonds is 8. The number of nitrogens with one attached hydrogen (secondary N) is 1. The van der Waals surface area contributed by atoms with Crippen LogP contribution in [0.2, 0.25) is 0 Å². The maximum atomic E-state index is 3.62. The van der Waals surface area contributed by atoms with Gasteiger partial charge in [0, 0.05) is 30.6 Å². The minimum Gasteiger partial charge on any atom is -0.310 e. The summed E-state index contributed by atoms with van der Waals surface area (Å²) in [5, 5.41) is 5.78. The van der Waals surface area contributed by atoms with Crippen LogP contribution < -0.4 is 5.32 Å². The Hall–Kier alpha value is -1.16. The van der Waals surface area contributed by atoms with E-state index in [2.05, 4.69) is 59.0 Å². The molecule has 2 aromatic rings. The first-order valence-electron chi connectivity index (χ1n) is 7.82. The van der Waals surface area contributed by atoms with E-state index < -0.39 is 0 Å². The van der Waals surface area contributed by atoms with Crippen molar-refractivity contribution in [3.63, 3.8) is 0 Å². The highest BCUT2D eigenvalue weighted by molar-refractivity contribution is 7.09. The van der Waals surface area contributed by atoms with Crippen molar-refractivity contribution in [2.45, 2.75) is 38.4 Å². The van der Waals surface area contributed by atoms with Gasteiger partial charge in [-0.15, -0.1) is 11.3 Å². The SMILES string of the molecule is CN(CCc1cccs1)Cc1ccccc1CNC1CC1. The Morgan fingerprint density at radius 3 is 2.67 bits per heavy atom. The lowest BCUT2D eigenvalue weighted by molar-refractivity contribution is 0.330. The van der Waals surface area contributed by atoms with E-state index in [0.717, 1.165) is 32.1 Å². The Morgan fingerprint density at radius 2 is 1.95 bits per heavy atom. The predicted molar refractivity (Wildman–Crippen MR) is 90.7 cm³/mol. The third kappa shape index (κ3) is 4.67. The Bertz CT molecular complexity index is 546. The third-order valence-electron chi connectivity index (χ3n) is 4.04. The fourth-order valence-electron chi connectivity index (χ4n) is 2.55. The van der Waals surface area contributed by atoms with Gasteiger partial charge in [-0.3, -0.25) is 0 Å². The van der Waals surface area contributed by atoms with E-state index in [4.69, 9.17) is 0 Å². The zero-order valence-corrected chi connectivity index (χ0v) is 13.5. The normalized spacial score (nSPS) is 14.8. The number of hydrogen-bond donors (Lipinski definition) is 1. The number of likely N-dealkylation sites (N-methyl/N-ethyl adjacent to an activating group) is 1. The van der Waals surface area contributed by atoms with Crippen molar-refractivity contribution in [2.24, 2.45) is 0 Å². The van der Waals surface area contributed by atoms with Gasteiger partial charge in [-0.1, -0.05) is 30.3 Å². The zero-order chi connectivity index (χ0) is 14.5. The van der Waals surface area contributed by atoms with Gasteiger partial charge in [-0.05, 0) is 48.9 Å². The molecule has 3 rings (SSSR count). The van der Waals surface area contributed by atoms with Crippen LogP contribution in [0.15, 0.2) is 41.8 Å². The molecule has 0 saturated heterocycles. The average Bonchev–Trinajstić information content (AvgIpc) is 3.18. The molecule has 21 heavy (non-hydrogen) atoms. The molecule has 1 heterocycles. The Balaban J connectivity index is 1.52. The van der Waals surface area contributed by atoms with E-state index in [1.54, 1.807) is 0 Å². The van der Waals surface area contributed by atoms with Crippen molar-refractivity contribution in [3.05, 3.63) is 57.8 Å². The summed E-state index contributed by atoms with van der Waals surface area (Å²) in [6.07, 6.45) is 3.85. The molecule has 1 fully saturated rings. The summed E-state index contributed by atoms with van der Waals surface area (Å²) in [6, 6.07) is 14.0. The molecule has 1 aromatic carbocycles. The molecule has 2 nitrogen and oxygen atoms in total. The molecule has 1 aliphatic carbocycles. The highest BCUT2D eigenvalue weighted by atomic mass is 32.1. The second-order valence-corrected chi connectivity index (χ2v) is 7.02. The van der Waals surface area contributed by atoms with Crippen LogP contribution in [0.5, 0.6) is 0 Å². The summed E-state index contributed by atoms with van der Waals surface area (Å²) >= 11 is 1.86. The second-order valence-electron chi connectivity index (χ2n) is 5.99. The molecule has 0 bridgehead atoms. The summed E-state index contributed by atoms with van der Waals surface area (Å²) in [5.74, 6) is 0. The third-order valence-corrected chi connectivity index (χ3v) is 4.97. The second kappa shape index (κ2) is 7.21. The van der Waals surface area contributed by atoms with Crippen LogP contribution in [0.1, 0.15) is 28.8 Å². The minimum absolute atomic E-state index is 0.773. The molecule has 1 aromatic heterocycles. The minimum atomic E-state index is 0.773. The van der Waals surface area contributed by atoms with E-state index in [-0.39, 0.29) is 0 Å². The molecule has 0 spiro atoms. The fraction of sp³-hybridized carbons (Fsp3) is 0.444. The van der Waals surface area contributed by atoms with Crippen LogP contribution in [-0.2, 0) is 19.5 Å². The number of nitrogens with zero attached hydrogens (tertiary/aromatic N) is 1. The quantitative estimate of drug-likeness (QED) is 0.800. The van der Waals surface area contributed by atoms with E-state index in [9.17, 15) is 0 Å². The molecule has 1 N–H and O–H groups in total. The van der Waals surface area contributed by atoms with Crippen LogP contribution in [-0.4, -0.2) is 24.5 Å². The smallest absolute Gasteiger partial charge is 0.0234 e. The molecule has 1 aliphatic rings. The molecule has 0 aliphatic heterocycles. The van der Waals surface area contributed by atoms with Gasteiger partial charge in [-0.2, -0.15) is 0 Å². The number of thiophene rings is 1. The maximum Gasteiger partial charge on any atom is 0.0234 e. The number of hydrogen-bond acceptors (Lipinski definition) is 3. The van der Waals surface area contributed by atoms with E-state index in [1.165, 1.54) is 28.8 Å². The molecule has 3 heteroatoms. The summed E-state index contributed by atoms with van der Waals surface area (Å²) in [7, 11) is 2.22. The number of benzene rings is 1. The molecule has 112 valence electrons. The van der Waals surface area contributed by atoms with Gasteiger partial charge in [0.15, 0.2) is 0 Å². The van der Waals surface area contributed by atoms with Gasteiger partial charge in [0.2, 0.25) is 0 Å². The van der Waals surface area contributed by atoms with Crippen LogP contribution in [0, 0.1) is 0 Å². The predicted octanol–water partition coefficient (Wildman–Crippen LogP) is 3.67. The largest absolute Gasteiger partial charge is 0.310 e. The standard InChI is InChI=1S/C18H24N2S/c1-20(11-10-18-7-4-12-21-18)14-16-6-3-2-5-15(16)13-19-17-8-9-17/h2-7,12,17,19H,8-11,13-14H2,1H3. The lowest BCUT2D eigenvalue weighted by Gasteiger charge is -2.19. The maximum absolute atomic E-state index is 3.62. The molecule has 0 radical (unpaired) electrons. The summed E-state index contributed by atoms with van der Waals surface area (Å²) in [5.41, 5.74) is 2.91. The lowest BCUT2D eigenvalue weighted by Crippen LogP contribution is -2.23. The molecular formula is C18H24N2S. The van der Waals surface area contributed by atoms with Gasteiger partial charge in [0.05, 0.1) is 0 Å². The fourth-order valence-corrected chi connectivity index (χ4v) is 3.25. The highest BCUT2D eigenvalue weighted by Gasteiger charge is 2.20. The topological polar surface area (TPSA) is 15.3 Å². The molecule has 1 saturated carbocycles. The average molecular weight is 300 g/mol. The van der Waals surface area contributed by atoms with Crippen molar-refractivity contribution in [1.29, 1.82) is 0 Å². The summed E-state index contributed by atoms with van der Waals surface area (Å²) < 4.78 is 0. The van der Waals surface area contributed by atoms with Crippen LogP contribution in [0.25, 0.3) is 0 Å². The lowest BCUT2D eigenvalue weighted by atomic mass is 10.1. The molecular weight excluding hydrogens is 276 g/mol. The first-order valence-corrected chi connectivity index (χ1v) is 8.70. The first-order chi connectivity index (χ1) is 10.3. The highest BCUT2D eigenvalue weighted by Crippen LogP contribution is 2.20. The van der Waals surface area contributed by atoms with Gasteiger partial charge in [0.25, 0.3) is 0 Å². The molecule has 0 unspecified atom stereocenters. The van der Waals surface area contributed by atoms with E-state index in [1.807, 2.05) is 11.3 Å². The zero-order valence-electron chi connectivity index (χ0n) is 12.7. The van der Waals surface area contributed by atoms with Crippen LogP contribution in [0.3, 0.4) is 0 Å². The summed E-state index contributed by atoms with van der Waals surface area (Å²) in [6.45, 7) is 3.17. The Kier molecular flexibility index (Phi) is 5.07. The molecule has 0 atom stereocenters. The monoisotopic (exact) mass is 300 g/mol. The summed E-state index contributed by atoms with van der Waals surface area (Å²) in [4.78, 5) is 3.90. The van der Waals surface area contributed by atoms with Crippen LogP contribution in [0.4, 0.5) is 0 Å². The van der Waals surface area contributed by atoms with E-state index >= 15 is 0 Å². The van der Waals surface area contributed by atoms with Crippen molar-refractivity contribution in [2.75, 3.05) is 13.6 Å². The van der Waals surface area contributed by atoms with Gasteiger partial charge < -0.3 is 10.2 Å².